The molecule has 0 amide bonds. The van der Waals surface area contributed by atoms with E-state index >= 15 is 0 Å². The van der Waals surface area contributed by atoms with E-state index in [4.69, 9.17) is 0 Å². The van der Waals surface area contributed by atoms with E-state index in [-0.39, 0.29) is 26.9 Å². The predicted octanol–water partition coefficient (Wildman–Crippen LogP) is 2.39. The minimum atomic E-state index is -3.94. The number of hydrogen-bond donors (Lipinski definition) is 2. The van der Waals surface area contributed by atoms with E-state index in [9.17, 15) is 16.8 Å². The number of hydrogen-bond acceptors (Lipinski definition) is 9. The summed E-state index contributed by atoms with van der Waals surface area (Å²) in [7, 11) is -7.88. The molecule has 2 aromatic heterocycles. The highest BCUT2D eigenvalue weighted by Crippen LogP contribution is 2.24. The minimum absolute atomic E-state index is 0.0105. The van der Waals surface area contributed by atoms with E-state index < -0.39 is 20.0 Å². The van der Waals surface area contributed by atoms with Gasteiger partial charge in [0.2, 0.25) is 5.95 Å². The second-order valence-electron chi connectivity index (χ2n) is 6.15. The molecule has 0 saturated carbocycles. The first kappa shape index (κ1) is 20.1. The molecule has 0 fully saturated rings. The Bertz CT molecular complexity index is 1430. The molecule has 2 N–H and O–H groups in total. The molecule has 10 nitrogen and oxygen atoms in total. The topological polar surface area (TPSA) is 144 Å². The van der Waals surface area contributed by atoms with Crippen LogP contribution in [0.2, 0.25) is 0 Å². The number of rotatable bonds is 6. The Morgan fingerprint density at radius 1 is 0.867 bits per heavy atom. The molecule has 30 heavy (non-hydrogen) atoms. The fraction of sp³-hybridized carbons (Fsp3) is 0.0588. The highest BCUT2D eigenvalue weighted by Gasteiger charge is 2.21. The Kier molecular flexibility index (Phi) is 5.09. The van der Waals surface area contributed by atoms with Crippen molar-refractivity contribution in [3.8, 4) is 0 Å². The lowest BCUT2D eigenvalue weighted by Crippen LogP contribution is -2.16. The van der Waals surface area contributed by atoms with Crippen molar-refractivity contribution in [3.05, 3.63) is 60.4 Å². The molecule has 0 saturated heterocycles. The zero-order chi connectivity index (χ0) is 21.4. The predicted molar refractivity (Wildman–Crippen MR) is 112 cm³/mol. The fourth-order valence-electron chi connectivity index (χ4n) is 2.59. The van der Waals surface area contributed by atoms with Gasteiger partial charge < -0.3 is 0 Å². The maximum atomic E-state index is 12.7. The van der Waals surface area contributed by atoms with Gasteiger partial charge in [0.15, 0.2) is 0 Å². The first-order valence-electron chi connectivity index (χ1n) is 8.41. The molecule has 0 spiro atoms. The average molecular weight is 463 g/mol. The van der Waals surface area contributed by atoms with E-state index in [0.717, 1.165) is 11.7 Å². The van der Waals surface area contributed by atoms with Crippen molar-refractivity contribution >= 4 is 54.4 Å². The number of benzene rings is 2. The molecule has 0 radical (unpaired) electrons. The third kappa shape index (κ3) is 4.08. The fourth-order valence-corrected chi connectivity index (χ4v) is 5.36. The molecular weight excluding hydrogens is 448 g/mol. The van der Waals surface area contributed by atoms with Crippen LogP contribution < -0.4 is 9.44 Å². The van der Waals surface area contributed by atoms with Crippen molar-refractivity contribution in [3.63, 3.8) is 0 Å². The van der Waals surface area contributed by atoms with Gasteiger partial charge in [-0.05, 0) is 49.4 Å². The summed E-state index contributed by atoms with van der Waals surface area (Å²) in [6.45, 7) is 1.71. The van der Waals surface area contributed by atoms with Crippen LogP contribution in [-0.2, 0) is 20.0 Å². The molecule has 154 valence electrons. The Morgan fingerprint density at radius 2 is 1.63 bits per heavy atom. The number of anilines is 2. The van der Waals surface area contributed by atoms with E-state index in [2.05, 4.69) is 28.2 Å². The zero-order valence-electron chi connectivity index (χ0n) is 15.3. The third-order valence-electron chi connectivity index (χ3n) is 3.98. The van der Waals surface area contributed by atoms with Gasteiger partial charge in [-0.15, -0.1) is 0 Å². The number of nitrogens with zero attached hydrogens (tertiary/aromatic N) is 4. The van der Waals surface area contributed by atoms with Crippen molar-refractivity contribution in [2.24, 2.45) is 0 Å². The van der Waals surface area contributed by atoms with Crippen LogP contribution in [0.25, 0.3) is 11.0 Å². The molecule has 0 aliphatic heterocycles. The number of aromatic nitrogens is 4. The Labute approximate surface area is 176 Å². The van der Waals surface area contributed by atoms with Gasteiger partial charge in [0.25, 0.3) is 20.0 Å². The van der Waals surface area contributed by atoms with Crippen molar-refractivity contribution < 1.29 is 16.8 Å². The Balaban J connectivity index is 1.57. The van der Waals surface area contributed by atoms with Crippen LogP contribution in [-0.4, -0.2) is 35.6 Å². The van der Waals surface area contributed by atoms with Crippen molar-refractivity contribution in [2.45, 2.75) is 16.7 Å². The van der Waals surface area contributed by atoms with Crippen molar-refractivity contribution in [1.82, 2.24) is 18.7 Å². The number of sulfonamides is 2. The molecule has 0 bridgehead atoms. The molecule has 0 unspecified atom stereocenters. The quantitative estimate of drug-likeness (QED) is 0.444. The lowest BCUT2D eigenvalue weighted by Gasteiger charge is -2.10. The summed E-state index contributed by atoms with van der Waals surface area (Å²) < 4.78 is 63.3. The Morgan fingerprint density at radius 3 is 2.37 bits per heavy atom. The molecule has 0 aliphatic carbocycles. The molecule has 4 rings (SSSR count). The van der Waals surface area contributed by atoms with Crippen LogP contribution in [0.15, 0.2) is 64.5 Å². The molecule has 0 atom stereocenters. The molecule has 13 heteroatoms. The van der Waals surface area contributed by atoms with E-state index in [0.29, 0.717) is 11.2 Å². The summed E-state index contributed by atoms with van der Waals surface area (Å²) >= 11 is 0.920. The van der Waals surface area contributed by atoms with E-state index in [1.807, 2.05) is 0 Å². The molecular formula is C17H14N6O4S3. The standard InChI is InChI=1S/C17H14N6O4S3/c1-11-9-10-18-17(19-11)23-29(24,25)13-7-5-12(6-8-13)22-30(26,27)15-4-2-3-14-16(15)21-28-20-14/h2-10,22H,1H3,(H,18,19,23). The summed E-state index contributed by atoms with van der Waals surface area (Å²) in [5.41, 5.74) is 1.56. The lowest BCUT2D eigenvalue weighted by molar-refractivity contribution is 0.600. The van der Waals surface area contributed by atoms with Gasteiger partial charge in [0.05, 0.1) is 16.6 Å². The zero-order valence-corrected chi connectivity index (χ0v) is 17.8. The van der Waals surface area contributed by atoms with Gasteiger partial charge in [0.1, 0.15) is 15.9 Å². The maximum absolute atomic E-state index is 12.7. The van der Waals surface area contributed by atoms with Gasteiger partial charge in [-0.1, -0.05) is 6.07 Å². The second kappa shape index (κ2) is 7.59. The third-order valence-corrected chi connectivity index (χ3v) is 7.28. The van der Waals surface area contributed by atoms with Gasteiger partial charge in [0, 0.05) is 17.6 Å². The second-order valence-corrected chi connectivity index (χ2v) is 10.0. The molecule has 2 heterocycles. The maximum Gasteiger partial charge on any atom is 0.264 e. The summed E-state index contributed by atoms with van der Waals surface area (Å²) in [6, 6.07) is 11.6. The monoisotopic (exact) mass is 462 g/mol. The van der Waals surface area contributed by atoms with Crippen molar-refractivity contribution in [1.29, 1.82) is 0 Å². The first-order valence-corrected chi connectivity index (χ1v) is 12.1. The Hall–Kier alpha value is -3.16. The van der Waals surface area contributed by atoms with Crippen LogP contribution in [0.1, 0.15) is 5.69 Å². The van der Waals surface area contributed by atoms with Gasteiger partial charge in [-0.3, -0.25) is 4.72 Å². The average Bonchev–Trinajstić information content (AvgIpc) is 3.16. The van der Waals surface area contributed by atoms with Crippen LogP contribution in [0, 0.1) is 6.92 Å². The summed E-state index contributed by atoms with van der Waals surface area (Å²) in [4.78, 5) is 7.79. The van der Waals surface area contributed by atoms with E-state index in [1.54, 1.807) is 25.1 Å². The first-order chi connectivity index (χ1) is 14.2. The molecule has 0 aliphatic rings. The number of nitrogens with one attached hydrogen (secondary N) is 2. The highest BCUT2D eigenvalue weighted by molar-refractivity contribution is 7.93. The van der Waals surface area contributed by atoms with Gasteiger partial charge >= 0.3 is 0 Å². The largest absolute Gasteiger partial charge is 0.280 e. The van der Waals surface area contributed by atoms with Crippen LogP contribution >= 0.6 is 11.7 Å². The summed E-state index contributed by atoms with van der Waals surface area (Å²) in [6.07, 6.45) is 1.44. The van der Waals surface area contributed by atoms with Crippen LogP contribution in [0.4, 0.5) is 11.6 Å². The van der Waals surface area contributed by atoms with Gasteiger partial charge in [-0.2, -0.15) is 8.75 Å². The lowest BCUT2D eigenvalue weighted by atomic mass is 10.3. The normalized spacial score (nSPS) is 12.0. The molecule has 2 aromatic carbocycles. The van der Waals surface area contributed by atoms with E-state index in [1.165, 1.54) is 36.5 Å². The number of aryl methyl sites for hydroxylation is 1. The molecule has 4 aromatic rings. The smallest absolute Gasteiger partial charge is 0.264 e. The number of fused-ring (bicyclic) bond motifs is 1. The van der Waals surface area contributed by atoms with Gasteiger partial charge in [-0.25, -0.2) is 31.5 Å². The van der Waals surface area contributed by atoms with Crippen LogP contribution in [0.5, 0.6) is 0 Å². The SMILES string of the molecule is Cc1ccnc(NS(=O)(=O)c2ccc(NS(=O)(=O)c3cccc4nsnc34)cc2)n1. The summed E-state index contributed by atoms with van der Waals surface area (Å²) in [5.74, 6) is -0.0512. The van der Waals surface area contributed by atoms with Crippen molar-refractivity contribution in [2.75, 3.05) is 9.44 Å². The van der Waals surface area contributed by atoms with Crippen LogP contribution in [0.3, 0.4) is 0 Å². The highest BCUT2D eigenvalue weighted by atomic mass is 32.2. The minimum Gasteiger partial charge on any atom is -0.280 e. The summed E-state index contributed by atoms with van der Waals surface area (Å²) in [5, 5.41) is 0.